The normalized spacial score (nSPS) is 14.5. The summed E-state index contributed by atoms with van der Waals surface area (Å²) < 4.78 is 57.1. The quantitative estimate of drug-likeness (QED) is 0.658. The van der Waals surface area contributed by atoms with Gasteiger partial charge in [0.1, 0.15) is 12.4 Å². The van der Waals surface area contributed by atoms with E-state index in [1.807, 2.05) is 12.1 Å². The van der Waals surface area contributed by atoms with Crippen LogP contribution in [0, 0.1) is 0 Å². The molecule has 0 spiro atoms. The maximum absolute atomic E-state index is 12.1. The molecular formula is C20H27N3O5S2. The Hall–Kier alpha value is -2.30. The number of nitrogens with zero attached hydrogens (tertiary/aromatic N) is 2. The summed E-state index contributed by atoms with van der Waals surface area (Å²) in [6.07, 6.45) is 2.88. The third kappa shape index (κ3) is 5.24. The molecule has 0 unspecified atom stereocenters. The van der Waals surface area contributed by atoms with Crippen LogP contribution in [-0.4, -0.2) is 61.2 Å². The minimum Gasteiger partial charge on any atom is -0.492 e. The summed E-state index contributed by atoms with van der Waals surface area (Å²) in [6.45, 7) is 1.91. The molecule has 2 aromatic rings. The average Bonchev–Trinajstić information content (AvgIpc) is 2.68. The highest BCUT2D eigenvalue weighted by Crippen LogP contribution is 2.33. The van der Waals surface area contributed by atoms with Gasteiger partial charge in [0.15, 0.2) is 0 Å². The van der Waals surface area contributed by atoms with Crippen molar-refractivity contribution in [1.82, 2.24) is 4.31 Å². The third-order valence-electron chi connectivity index (χ3n) is 4.87. The zero-order chi connectivity index (χ0) is 21.9. The topological polar surface area (TPSA) is 96.0 Å². The third-order valence-corrected chi connectivity index (χ3v) is 7.29. The Morgan fingerprint density at radius 1 is 1.07 bits per heavy atom. The number of hydrogen-bond acceptors (Lipinski definition) is 6. The summed E-state index contributed by atoms with van der Waals surface area (Å²) in [5.41, 5.74) is 2.62. The van der Waals surface area contributed by atoms with Crippen LogP contribution in [-0.2, 0) is 26.5 Å². The maximum atomic E-state index is 12.1. The Labute approximate surface area is 178 Å². The first-order valence-corrected chi connectivity index (χ1v) is 12.9. The summed E-state index contributed by atoms with van der Waals surface area (Å²) in [6, 6.07) is 12.0. The number of fused-ring (bicyclic) bond motifs is 1. The fraction of sp³-hybridized carbons (Fsp3) is 0.400. The SMILES string of the molecule is CN(C)S(=O)(=O)c1ccc(OCCN2CCCc3c(NS(C)(=O)=O)cccc32)cc1. The fourth-order valence-corrected chi connectivity index (χ4v) is 4.91. The molecule has 0 radical (unpaired) electrons. The Kier molecular flexibility index (Phi) is 6.59. The lowest BCUT2D eigenvalue weighted by molar-refractivity contribution is 0.322. The van der Waals surface area contributed by atoms with Crippen molar-refractivity contribution in [3.63, 3.8) is 0 Å². The van der Waals surface area contributed by atoms with E-state index in [0.29, 0.717) is 24.6 Å². The monoisotopic (exact) mass is 453 g/mol. The number of benzene rings is 2. The number of rotatable bonds is 8. The van der Waals surface area contributed by atoms with Crippen molar-refractivity contribution in [1.29, 1.82) is 0 Å². The standard InChI is InChI=1S/C20H27N3O5S2/c1-22(2)30(26,27)17-11-9-16(10-12-17)28-15-14-23-13-5-6-18-19(21-29(3,24)25)7-4-8-20(18)23/h4,7-12,21H,5-6,13-15H2,1-3H3. The van der Waals surface area contributed by atoms with Gasteiger partial charge in [0.25, 0.3) is 0 Å². The molecule has 0 saturated carbocycles. The molecule has 1 aliphatic heterocycles. The largest absolute Gasteiger partial charge is 0.492 e. The van der Waals surface area contributed by atoms with Gasteiger partial charge in [-0.1, -0.05) is 6.07 Å². The fourth-order valence-electron chi connectivity index (χ4n) is 3.42. The van der Waals surface area contributed by atoms with Crippen LogP contribution in [0.1, 0.15) is 12.0 Å². The summed E-state index contributed by atoms with van der Waals surface area (Å²) in [5.74, 6) is 0.595. The minimum atomic E-state index is -3.46. The number of anilines is 2. The van der Waals surface area contributed by atoms with Crippen LogP contribution >= 0.6 is 0 Å². The molecule has 164 valence electrons. The molecule has 0 amide bonds. The second-order valence-electron chi connectivity index (χ2n) is 7.38. The van der Waals surface area contributed by atoms with Crippen molar-refractivity contribution in [3.8, 4) is 5.75 Å². The van der Waals surface area contributed by atoms with E-state index in [9.17, 15) is 16.8 Å². The molecule has 3 rings (SSSR count). The highest BCUT2D eigenvalue weighted by Gasteiger charge is 2.21. The van der Waals surface area contributed by atoms with Crippen molar-refractivity contribution in [2.45, 2.75) is 17.7 Å². The highest BCUT2D eigenvalue weighted by molar-refractivity contribution is 7.92. The van der Waals surface area contributed by atoms with Crippen molar-refractivity contribution < 1.29 is 21.6 Å². The van der Waals surface area contributed by atoms with Gasteiger partial charge in [-0.3, -0.25) is 4.72 Å². The predicted molar refractivity (Wildman–Crippen MR) is 118 cm³/mol. The van der Waals surface area contributed by atoms with E-state index in [1.54, 1.807) is 18.2 Å². The van der Waals surface area contributed by atoms with Gasteiger partial charge in [-0.15, -0.1) is 0 Å². The van der Waals surface area contributed by atoms with Gasteiger partial charge in [-0.2, -0.15) is 0 Å². The van der Waals surface area contributed by atoms with Crippen molar-refractivity contribution in [3.05, 3.63) is 48.0 Å². The van der Waals surface area contributed by atoms with Crippen molar-refractivity contribution in [2.75, 3.05) is 49.7 Å². The summed E-state index contributed by atoms with van der Waals surface area (Å²) in [4.78, 5) is 2.40. The lowest BCUT2D eigenvalue weighted by Gasteiger charge is -2.32. The van der Waals surface area contributed by atoms with Gasteiger partial charge in [-0.25, -0.2) is 21.1 Å². The predicted octanol–water partition coefficient (Wildman–Crippen LogP) is 2.14. The zero-order valence-corrected chi connectivity index (χ0v) is 19.0. The average molecular weight is 454 g/mol. The maximum Gasteiger partial charge on any atom is 0.242 e. The number of ether oxygens (including phenoxy) is 1. The second kappa shape index (κ2) is 8.83. The van der Waals surface area contributed by atoms with Crippen LogP contribution in [0.25, 0.3) is 0 Å². The van der Waals surface area contributed by atoms with Crippen LogP contribution in [0.4, 0.5) is 11.4 Å². The second-order valence-corrected chi connectivity index (χ2v) is 11.3. The van der Waals surface area contributed by atoms with Crippen LogP contribution < -0.4 is 14.4 Å². The molecule has 0 aromatic heterocycles. The first kappa shape index (κ1) is 22.4. The number of hydrogen-bond donors (Lipinski definition) is 1. The Morgan fingerprint density at radius 2 is 1.77 bits per heavy atom. The summed E-state index contributed by atoms with van der Waals surface area (Å²) in [7, 11) is -3.81. The Bertz CT molecular complexity index is 1100. The summed E-state index contributed by atoms with van der Waals surface area (Å²) in [5, 5.41) is 0. The molecule has 0 aliphatic carbocycles. The van der Waals surface area contributed by atoms with Gasteiger partial charge in [0, 0.05) is 26.3 Å². The molecular weight excluding hydrogens is 426 g/mol. The van der Waals surface area contributed by atoms with E-state index < -0.39 is 20.0 Å². The van der Waals surface area contributed by atoms with Gasteiger partial charge in [0.2, 0.25) is 20.0 Å². The first-order valence-electron chi connectivity index (χ1n) is 9.58. The van der Waals surface area contributed by atoms with Crippen LogP contribution in [0.3, 0.4) is 0 Å². The molecule has 0 atom stereocenters. The molecule has 0 saturated heterocycles. The number of sulfonamides is 2. The smallest absolute Gasteiger partial charge is 0.242 e. The molecule has 1 heterocycles. The lowest BCUT2D eigenvalue weighted by atomic mass is 10.00. The molecule has 10 heteroatoms. The van der Waals surface area contributed by atoms with Crippen LogP contribution in [0.15, 0.2) is 47.4 Å². The van der Waals surface area contributed by atoms with Gasteiger partial charge >= 0.3 is 0 Å². The van der Waals surface area contributed by atoms with E-state index in [1.165, 1.54) is 30.5 Å². The molecule has 30 heavy (non-hydrogen) atoms. The first-order chi connectivity index (χ1) is 14.1. The van der Waals surface area contributed by atoms with Crippen LogP contribution in [0.5, 0.6) is 5.75 Å². The Morgan fingerprint density at radius 3 is 2.40 bits per heavy atom. The summed E-state index contributed by atoms with van der Waals surface area (Å²) >= 11 is 0. The molecule has 1 N–H and O–H groups in total. The van der Waals surface area contributed by atoms with E-state index in [0.717, 1.165) is 36.9 Å². The minimum absolute atomic E-state index is 0.218. The molecule has 2 aromatic carbocycles. The molecule has 0 fully saturated rings. The zero-order valence-electron chi connectivity index (χ0n) is 17.3. The van der Waals surface area contributed by atoms with E-state index in [4.69, 9.17) is 4.74 Å². The van der Waals surface area contributed by atoms with Crippen LogP contribution in [0.2, 0.25) is 0 Å². The molecule has 1 aliphatic rings. The molecule has 8 nitrogen and oxygen atoms in total. The van der Waals surface area contributed by atoms with Gasteiger partial charge < -0.3 is 9.64 Å². The van der Waals surface area contributed by atoms with E-state index >= 15 is 0 Å². The highest BCUT2D eigenvalue weighted by atomic mass is 32.2. The Balaban J connectivity index is 1.65. The molecule has 0 bridgehead atoms. The van der Waals surface area contributed by atoms with Crippen molar-refractivity contribution in [2.24, 2.45) is 0 Å². The van der Waals surface area contributed by atoms with Gasteiger partial charge in [-0.05, 0) is 54.8 Å². The van der Waals surface area contributed by atoms with Crippen molar-refractivity contribution >= 4 is 31.4 Å². The van der Waals surface area contributed by atoms with E-state index in [2.05, 4.69) is 9.62 Å². The lowest BCUT2D eigenvalue weighted by Crippen LogP contribution is -2.33. The number of nitrogens with one attached hydrogen (secondary N) is 1. The van der Waals surface area contributed by atoms with E-state index in [-0.39, 0.29) is 4.90 Å². The van der Waals surface area contributed by atoms with Gasteiger partial charge in [0.05, 0.1) is 23.4 Å².